The average molecular weight is 333 g/mol. The summed E-state index contributed by atoms with van der Waals surface area (Å²) in [5, 5.41) is 2.81. The second kappa shape index (κ2) is 9.39. The molecule has 24 heavy (non-hydrogen) atoms. The molecule has 1 heterocycles. The number of amides is 2. The van der Waals surface area contributed by atoms with E-state index in [0.717, 1.165) is 12.2 Å². The van der Waals surface area contributed by atoms with Crippen molar-refractivity contribution in [3.8, 4) is 0 Å². The number of nitrogens with one attached hydrogen (secondary N) is 1. The van der Waals surface area contributed by atoms with Crippen LogP contribution in [-0.4, -0.2) is 68.6 Å². The van der Waals surface area contributed by atoms with Gasteiger partial charge in [-0.2, -0.15) is 0 Å². The number of nitrogens with zero attached hydrogens (tertiary/aromatic N) is 2. The molecule has 0 radical (unpaired) electrons. The van der Waals surface area contributed by atoms with Crippen molar-refractivity contribution < 1.29 is 14.3 Å². The normalized spacial score (nSPS) is 18.3. The molecule has 0 spiro atoms. The van der Waals surface area contributed by atoms with Crippen LogP contribution in [0, 0.1) is 5.92 Å². The Kier molecular flexibility index (Phi) is 7.21. The van der Waals surface area contributed by atoms with Gasteiger partial charge in [-0.25, -0.2) is 0 Å². The van der Waals surface area contributed by atoms with E-state index in [-0.39, 0.29) is 24.7 Å². The summed E-state index contributed by atoms with van der Waals surface area (Å²) in [4.78, 5) is 28.3. The van der Waals surface area contributed by atoms with Gasteiger partial charge in [-0.3, -0.25) is 9.59 Å². The van der Waals surface area contributed by atoms with Crippen LogP contribution >= 0.6 is 0 Å². The summed E-state index contributed by atoms with van der Waals surface area (Å²) in [7, 11) is 4.04. The zero-order valence-electron chi connectivity index (χ0n) is 14.5. The molecule has 1 atom stereocenters. The summed E-state index contributed by atoms with van der Waals surface area (Å²) < 4.78 is 5.59. The zero-order valence-corrected chi connectivity index (χ0v) is 14.5. The van der Waals surface area contributed by atoms with Crippen LogP contribution in [0.25, 0.3) is 0 Å². The van der Waals surface area contributed by atoms with E-state index < -0.39 is 0 Å². The molecular weight excluding hydrogens is 306 g/mol. The molecule has 2 amide bonds. The lowest BCUT2D eigenvalue weighted by molar-refractivity contribution is -0.133. The third-order valence-corrected chi connectivity index (χ3v) is 3.94. The van der Waals surface area contributed by atoms with E-state index in [9.17, 15) is 9.59 Å². The number of hydrogen-bond donors (Lipinski definition) is 1. The smallest absolute Gasteiger partial charge is 0.224 e. The van der Waals surface area contributed by atoms with Crippen molar-refractivity contribution in [1.82, 2.24) is 9.80 Å². The number of carbonyl (C=O) groups is 2. The van der Waals surface area contributed by atoms with Crippen molar-refractivity contribution >= 4 is 17.5 Å². The molecule has 1 aromatic rings. The van der Waals surface area contributed by atoms with Crippen LogP contribution in [-0.2, 0) is 14.3 Å². The molecule has 1 aliphatic rings. The molecule has 132 valence electrons. The van der Waals surface area contributed by atoms with Gasteiger partial charge in [0.1, 0.15) is 0 Å². The Morgan fingerprint density at radius 2 is 2.00 bits per heavy atom. The van der Waals surface area contributed by atoms with E-state index in [1.807, 2.05) is 49.3 Å². The van der Waals surface area contributed by atoms with Crippen LogP contribution in [0.2, 0.25) is 0 Å². The minimum Gasteiger partial charge on any atom is -0.379 e. The first-order valence-corrected chi connectivity index (χ1v) is 8.39. The van der Waals surface area contributed by atoms with Crippen molar-refractivity contribution in [2.24, 2.45) is 5.92 Å². The number of ether oxygens (including phenoxy) is 1. The molecule has 0 aromatic heterocycles. The molecule has 1 fully saturated rings. The summed E-state index contributed by atoms with van der Waals surface area (Å²) in [6.07, 6.45) is 0.427. The van der Waals surface area contributed by atoms with Crippen LogP contribution in [0.4, 0.5) is 5.69 Å². The van der Waals surface area contributed by atoms with E-state index in [2.05, 4.69) is 10.2 Å². The lowest BCUT2D eigenvalue weighted by Gasteiger charge is -2.25. The average Bonchev–Trinajstić information content (AvgIpc) is 2.78. The first-order valence-electron chi connectivity index (χ1n) is 8.39. The highest BCUT2D eigenvalue weighted by Gasteiger charge is 2.23. The molecule has 1 saturated heterocycles. The maximum absolute atomic E-state index is 12.4. The van der Waals surface area contributed by atoms with Crippen LogP contribution in [0.15, 0.2) is 30.3 Å². The van der Waals surface area contributed by atoms with Crippen LogP contribution in [0.5, 0.6) is 0 Å². The molecule has 1 aromatic carbocycles. The predicted molar refractivity (Wildman–Crippen MR) is 93.7 cm³/mol. The zero-order chi connectivity index (χ0) is 17.4. The third kappa shape index (κ3) is 6.29. The van der Waals surface area contributed by atoms with Crippen LogP contribution < -0.4 is 5.32 Å². The maximum atomic E-state index is 12.4. The molecule has 0 saturated carbocycles. The third-order valence-electron chi connectivity index (χ3n) is 3.94. The van der Waals surface area contributed by atoms with E-state index >= 15 is 0 Å². The highest BCUT2D eigenvalue weighted by atomic mass is 16.5. The van der Waals surface area contributed by atoms with Crippen molar-refractivity contribution in [2.75, 3.05) is 52.3 Å². The lowest BCUT2D eigenvalue weighted by Crippen LogP contribution is -2.38. The van der Waals surface area contributed by atoms with Gasteiger partial charge in [0.15, 0.2) is 0 Å². The fourth-order valence-electron chi connectivity index (χ4n) is 2.86. The Labute approximate surface area is 143 Å². The molecule has 6 heteroatoms. The number of benzene rings is 1. The number of anilines is 1. The molecule has 1 aliphatic heterocycles. The quantitative estimate of drug-likeness (QED) is 0.856. The van der Waals surface area contributed by atoms with Gasteiger partial charge in [-0.1, -0.05) is 18.2 Å². The van der Waals surface area contributed by atoms with Gasteiger partial charge in [0.05, 0.1) is 13.2 Å². The topological polar surface area (TPSA) is 61.9 Å². The monoisotopic (exact) mass is 333 g/mol. The molecule has 0 bridgehead atoms. The second-order valence-electron chi connectivity index (χ2n) is 6.46. The van der Waals surface area contributed by atoms with E-state index in [1.165, 1.54) is 0 Å². The van der Waals surface area contributed by atoms with E-state index in [4.69, 9.17) is 4.74 Å². The number of carbonyl (C=O) groups excluding carboxylic acids is 2. The van der Waals surface area contributed by atoms with Gasteiger partial charge in [0.25, 0.3) is 0 Å². The standard InChI is InChI=1S/C18H27N3O3/c1-20(2)12-15-13-21(10-11-24-14-15)18(23)9-8-17(22)19-16-6-4-3-5-7-16/h3-7,15H,8-14H2,1-2H3,(H,19,22). The van der Waals surface area contributed by atoms with Crippen molar-refractivity contribution in [3.63, 3.8) is 0 Å². The van der Waals surface area contributed by atoms with Gasteiger partial charge in [0, 0.05) is 44.1 Å². The predicted octanol–water partition coefficient (Wildman–Crippen LogP) is 1.44. The summed E-state index contributed by atoms with van der Waals surface area (Å²) in [6.45, 7) is 3.42. The summed E-state index contributed by atoms with van der Waals surface area (Å²) in [5.41, 5.74) is 0.754. The van der Waals surface area contributed by atoms with Crippen molar-refractivity contribution in [1.29, 1.82) is 0 Å². The Hall–Kier alpha value is -1.92. The highest BCUT2D eigenvalue weighted by molar-refractivity contribution is 5.93. The first-order chi connectivity index (χ1) is 11.5. The molecule has 0 aliphatic carbocycles. The highest BCUT2D eigenvalue weighted by Crippen LogP contribution is 2.11. The van der Waals surface area contributed by atoms with E-state index in [1.54, 1.807) is 0 Å². The van der Waals surface area contributed by atoms with Gasteiger partial charge in [0.2, 0.25) is 11.8 Å². The Balaban J connectivity index is 1.79. The maximum Gasteiger partial charge on any atom is 0.224 e. The number of hydrogen-bond acceptors (Lipinski definition) is 4. The first kappa shape index (κ1) is 18.4. The molecule has 1 N–H and O–H groups in total. The Bertz CT molecular complexity index is 534. The minimum absolute atomic E-state index is 0.0208. The van der Waals surface area contributed by atoms with Crippen molar-refractivity contribution in [3.05, 3.63) is 30.3 Å². The molecule has 1 unspecified atom stereocenters. The Morgan fingerprint density at radius 3 is 2.71 bits per heavy atom. The van der Waals surface area contributed by atoms with Crippen molar-refractivity contribution in [2.45, 2.75) is 12.8 Å². The fraction of sp³-hybridized carbons (Fsp3) is 0.556. The van der Waals surface area contributed by atoms with Gasteiger partial charge >= 0.3 is 0 Å². The summed E-state index contributed by atoms with van der Waals surface area (Å²) in [5.74, 6) is 0.197. The molecule has 2 rings (SSSR count). The largest absolute Gasteiger partial charge is 0.379 e. The fourth-order valence-corrected chi connectivity index (χ4v) is 2.86. The van der Waals surface area contributed by atoms with Gasteiger partial charge in [-0.15, -0.1) is 0 Å². The number of para-hydroxylation sites is 1. The number of rotatable bonds is 6. The van der Waals surface area contributed by atoms with Gasteiger partial charge < -0.3 is 19.9 Å². The minimum atomic E-state index is -0.134. The van der Waals surface area contributed by atoms with Gasteiger partial charge in [-0.05, 0) is 26.2 Å². The summed E-state index contributed by atoms with van der Waals surface area (Å²) in [6, 6.07) is 9.28. The Morgan fingerprint density at radius 1 is 1.25 bits per heavy atom. The van der Waals surface area contributed by atoms with Crippen LogP contribution in [0.1, 0.15) is 12.8 Å². The summed E-state index contributed by atoms with van der Waals surface area (Å²) >= 11 is 0. The lowest BCUT2D eigenvalue weighted by atomic mass is 10.1. The molecule has 6 nitrogen and oxygen atoms in total. The second-order valence-corrected chi connectivity index (χ2v) is 6.46. The van der Waals surface area contributed by atoms with E-state index in [0.29, 0.717) is 32.2 Å². The SMILES string of the molecule is CN(C)CC1COCCN(C(=O)CCC(=O)Nc2ccccc2)C1. The molecular formula is C18H27N3O3. The van der Waals surface area contributed by atoms with Crippen LogP contribution in [0.3, 0.4) is 0 Å².